The van der Waals surface area contributed by atoms with Crippen molar-refractivity contribution in [3.05, 3.63) is 0 Å². The van der Waals surface area contributed by atoms with E-state index in [2.05, 4.69) is 44.9 Å². The summed E-state index contributed by atoms with van der Waals surface area (Å²) in [5.41, 5.74) is 0.458. The van der Waals surface area contributed by atoms with Gasteiger partial charge >= 0.3 is 0 Å². The van der Waals surface area contributed by atoms with Gasteiger partial charge in [0.2, 0.25) is 0 Å². The van der Waals surface area contributed by atoms with Crippen LogP contribution in [0, 0.1) is 35.0 Å². The van der Waals surface area contributed by atoms with Crippen molar-refractivity contribution in [3.8, 4) is 11.8 Å². The standard InChI is InChI=1S/C18H33N/c1-6-8-9-15-13-17(18(3,4)5)11-10-16(15)14-19-12-7-2/h15-17,19H,7,9-14H2,1-5H3. The Hall–Kier alpha value is -0.480. The van der Waals surface area contributed by atoms with E-state index in [4.69, 9.17) is 0 Å². The van der Waals surface area contributed by atoms with Crippen molar-refractivity contribution in [2.24, 2.45) is 23.2 Å². The third-order valence-corrected chi connectivity index (χ3v) is 4.74. The number of rotatable bonds is 5. The minimum Gasteiger partial charge on any atom is -0.316 e. The molecule has 1 saturated carbocycles. The first-order valence-corrected chi connectivity index (χ1v) is 8.09. The van der Waals surface area contributed by atoms with Gasteiger partial charge in [0.25, 0.3) is 0 Å². The zero-order chi connectivity index (χ0) is 14.3. The summed E-state index contributed by atoms with van der Waals surface area (Å²) in [4.78, 5) is 0. The molecule has 19 heavy (non-hydrogen) atoms. The van der Waals surface area contributed by atoms with Crippen LogP contribution < -0.4 is 5.32 Å². The molecule has 0 saturated heterocycles. The van der Waals surface area contributed by atoms with Gasteiger partial charge in [-0.2, -0.15) is 0 Å². The predicted octanol–water partition coefficient (Wildman–Crippen LogP) is 4.48. The second-order valence-electron chi connectivity index (χ2n) is 7.23. The zero-order valence-corrected chi connectivity index (χ0v) is 13.7. The Morgan fingerprint density at radius 3 is 2.47 bits per heavy atom. The third kappa shape index (κ3) is 5.57. The predicted molar refractivity (Wildman–Crippen MR) is 85.0 cm³/mol. The van der Waals surface area contributed by atoms with Crippen LogP contribution in [-0.4, -0.2) is 13.1 Å². The second kappa shape index (κ2) is 7.95. The highest BCUT2D eigenvalue weighted by Gasteiger charge is 2.35. The molecular weight excluding hydrogens is 230 g/mol. The minimum absolute atomic E-state index is 0.458. The quantitative estimate of drug-likeness (QED) is 0.570. The van der Waals surface area contributed by atoms with Crippen molar-refractivity contribution in [1.29, 1.82) is 0 Å². The van der Waals surface area contributed by atoms with Crippen LogP contribution in [-0.2, 0) is 0 Å². The lowest BCUT2D eigenvalue weighted by Gasteiger charge is -2.41. The van der Waals surface area contributed by atoms with E-state index in [0.717, 1.165) is 30.7 Å². The minimum atomic E-state index is 0.458. The molecule has 0 amide bonds. The molecule has 0 aliphatic heterocycles. The Morgan fingerprint density at radius 1 is 1.16 bits per heavy atom. The van der Waals surface area contributed by atoms with Crippen LogP contribution in [0.25, 0.3) is 0 Å². The number of nitrogens with one attached hydrogen (secondary N) is 1. The summed E-state index contributed by atoms with van der Waals surface area (Å²) in [6.07, 6.45) is 6.49. The van der Waals surface area contributed by atoms with Crippen molar-refractivity contribution >= 4 is 0 Å². The van der Waals surface area contributed by atoms with Crippen LogP contribution in [0.2, 0.25) is 0 Å². The maximum absolute atomic E-state index is 3.62. The molecule has 3 atom stereocenters. The number of hydrogen-bond acceptors (Lipinski definition) is 1. The highest BCUT2D eigenvalue weighted by Crippen LogP contribution is 2.43. The van der Waals surface area contributed by atoms with Crippen LogP contribution in [0.1, 0.15) is 66.7 Å². The van der Waals surface area contributed by atoms with Crippen molar-refractivity contribution in [2.45, 2.75) is 66.7 Å². The molecule has 0 aromatic carbocycles. The molecule has 110 valence electrons. The maximum Gasteiger partial charge on any atom is 0.0120 e. The Balaban J connectivity index is 2.58. The molecule has 1 nitrogen and oxygen atoms in total. The highest BCUT2D eigenvalue weighted by atomic mass is 14.9. The molecule has 3 unspecified atom stereocenters. The van der Waals surface area contributed by atoms with E-state index in [9.17, 15) is 0 Å². The van der Waals surface area contributed by atoms with E-state index in [1.165, 1.54) is 32.2 Å². The lowest BCUT2D eigenvalue weighted by Crippen LogP contribution is -2.36. The molecule has 0 spiro atoms. The first kappa shape index (κ1) is 16.6. The summed E-state index contributed by atoms with van der Waals surface area (Å²) in [5.74, 6) is 8.93. The molecular formula is C18H33N. The number of hydrogen-bond donors (Lipinski definition) is 1. The fourth-order valence-electron chi connectivity index (χ4n) is 3.33. The molecule has 1 aliphatic rings. The van der Waals surface area contributed by atoms with Gasteiger partial charge in [-0.05, 0) is 68.9 Å². The molecule has 0 radical (unpaired) electrons. The monoisotopic (exact) mass is 263 g/mol. The first-order chi connectivity index (χ1) is 8.99. The molecule has 0 bridgehead atoms. The van der Waals surface area contributed by atoms with Gasteiger partial charge in [0.05, 0.1) is 0 Å². The third-order valence-electron chi connectivity index (χ3n) is 4.74. The van der Waals surface area contributed by atoms with Crippen LogP contribution in [0.15, 0.2) is 0 Å². The van der Waals surface area contributed by atoms with Gasteiger partial charge in [0.15, 0.2) is 0 Å². The van der Waals surface area contributed by atoms with Crippen molar-refractivity contribution < 1.29 is 0 Å². The van der Waals surface area contributed by atoms with E-state index < -0.39 is 0 Å². The molecule has 1 rings (SSSR count). The normalized spacial score (nSPS) is 27.7. The van der Waals surface area contributed by atoms with Crippen molar-refractivity contribution in [3.63, 3.8) is 0 Å². The average molecular weight is 263 g/mol. The van der Waals surface area contributed by atoms with Gasteiger partial charge in [-0.3, -0.25) is 0 Å². The van der Waals surface area contributed by atoms with Crippen LogP contribution >= 0.6 is 0 Å². The van der Waals surface area contributed by atoms with Crippen molar-refractivity contribution in [1.82, 2.24) is 5.32 Å². The molecule has 0 aromatic rings. The summed E-state index contributed by atoms with van der Waals surface area (Å²) in [6.45, 7) is 13.8. The first-order valence-electron chi connectivity index (χ1n) is 8.09. The molecule has 0 heterocycles. The zero-order valence-electron chi connectivity index (χ0n) is 13.7. The summed E-state index contributed by atoms with van der Waals surface area (Å²) in [7, 11) is 0. The Morgan fingerprint density at radius 2 is 1.89 bits per heavy atom. The van der Waals surface area contributed by atoms with Gasteiger partial charge in [0, 0.05) is 6.42 Å². The summed E-state index contributed by atoms with van der Waals surface area (Å²) in [5, 5.41) is 3.62. The van der Waals surface area contributed by atoms with Crippen LogP contribution in [0.4, 0.5) is 0 Å². The van der Waals surface area contributed by atoms with E-state index in [0.29, 0.717) is 5.41 Å². The van der Waals surface area contributed by atoms with E-state index in [-0.39, 0.29) is 0 Å². The fraction of sp³-hybridized carbons (Fsp3) is 0.889. The van der Waals surface area contributed by atoms with E-state index in [1.54, 1.807) is 0 Å². The molecule has 1 fully saturated rings. The van der Waals surface area contributed by atoms with E-state index >= 15 is 0 Å². The largest absolute Gasteiger partial charge is 0.316 e. The Kier molecular flexibility index (Phi) is 6.94. The van der Waals surface area contributed by atoms with E-state index in [1.807, 2.05) is 6.92 Å². The Bertz CT molecular complexity index is 302. The highest BCUT2D eigenvalue weighted by molar-refractivity contribution is 4.99. The SMILES string of the molecule is CC#CCC1CC(C(C)(C)C)CCC1CNCCC. The van der Waals surface area contributed by atoms with Crippen LogP contribution in [0.5, 0.6) is 0 Å². The summed E-state index contributed by atoms with van der Waals surface area (Å²) < 4.78 is 0. The Labute approximate surface area is 120 Å². The lowest BCUT2D eigenvalue weighted by molar-refractivity contribution is 0.0995. The smallest absolute Gasteiger partial charge is 0.0120 e. The molecule has 1 N–H and O–H groups in total. The van der Waals surface area contributed by atoms with Crippen LogP contribution in [0.3, 0.4) is 0 Å². The molecule has 0 aromatic heterocycles. The summed E-state index contributed by atoms with van der Waals surface area (Å²) in [6, 6.07) is 0. The topological polar surface area (TPSA) is 12.0 Å². The van der Waals surface area contributed by atoms with Gasteiger partial charge in [0.1, 0.15) is 0 Å². The molecule has 1 aliphatic carbocycles. The van der Waals surface area contributed by atoms with Gasteiger partial charge in [-0.15, -0.1) is 11.8 Å². The summed E-state index contributed by atoms with van der Waals surface area (Å²) >= 11 is 0. The van der Waals surface area contributed by atoms with Gasteiger partial charge in [-0.1, -0.05) is 27.7 Å². The van der Waals surface area contributed by atoms with Gasteiger partial charge < -0.3 is 5.32 Å². The fourth-order valence-corrected chi connectivity index (χ4v) is 3.33. The maximum atomic E-state index is 3.62. The second-order valence-corrected chi connectivity index (χ2v) is 7.23. The molecule has 1 heteroatoms. The lowest BCUT2D eigenvalue weighted by atomic mass is 9.65. The van der Waals surface area contributed by atoms with Crippen molar-refractivity contribution in [2.75, 3.05) is 13.1 Å². The van der Waals surface area contributed by atoms with Gasteiger partial charge in [-0.25, -0.2) is 0 Å². The average Bonchev–Trinajstić information content (AvgIpc) is 2.36.